The number of aryl methyl sites for hydroxylation is 2. The largest absolute Gasteiger partial charge is 0.461 e. The molecule has 1 aromatic carbocycles. The highest BCUT2D eigenvalue weighted by Gasteiger charge is 2.25. The number of aromatic nitrogens is 2. The van der Waals surface area contributed by atoms with Crippen molar-refractivity contribution in [2.24, 2.45) is 7.05 Å². The minimum absolute atomic E-state index is 0.00262. The number of hydrogen-bond donors (Lipinski definition) is 1. The van der Waals surface area contributed by atoms with E-state index in [1.54, 1.807) is 22.8 Å². The van der Waals surface area contributed by atoms with Crippen molar-refractivity contribution in [3.63, 3.8) is 0 Å². The normalized spacial score (nSPS) is 12.5. The fourth-order valence-corrected chi connectivity index (χ4v) is 3.17. The van der Waals surface area contributed by atoms with Crippen LogP contribution in [0.3, 0.4) is 0 Å². The molecule has 0 spiro atoms. The van der Waals surface area contributed by atoms with Crippen LogP contribution in [0.4, 0.5) is 0 Å². The number of hydrogen-bond acceptors (Lipinski definition) is 4. The summed E-state index contributed by atoms with van der Waals surface area (Å²) in [4.78, 5) is 14.7. The lowest BCUT2D eigenvalue weighted by molar-refractivity contribution is -0.132. The molecule has 3 aromatic rings. The highest BCUT2D eigenvalue weighted by Crippen LogP contribution is 2.28. The van der Waals surface area contributed by atoms with Gasteiger partial charge in [-0.1, -0.05) is 25.1 Å². The SMILES string of the molecule is CCc1oc2ccccc2c1CN(C)C(=O)C(NC)c1cnn(C)c1. The van der Waals surface area contributed by atoms with Crippen LogP contribution in [0.15, 0.2) is 41.1 Å². The van der Waals surface area contributed by atoms with Crippen LogP contribution < -0.4 is 5.32 Å². The molecule has 0 aliphatic heterocycles. The van der Waals surface area contributed by atoms with Crippen LogP contribution >= 0.6 is 0 Å². The molecule has 2 aromatic heterocycles. The number of likely N-dealkylation sites (N-methyl/N-ethyl adjacent to an activating group) is 2. The Kier molecular flexibility index (Phi) is 4.90. The lowest BCUT2D eigenvalue weighted by Gasteiger charge is -2.23. The van der Waals surface area contributed by atoms with Crippen molar-refractivity contribution in [2.45, 2.75) is 25.9 Å². The third-order valence-corrected chi connectivity index (χ3v) is 4.47. The first kappa shape index (κ1) is 17.2. The third kappa shape index (κ3) is 3.30. The van der Waals surface area contributed by atoms with Crippen molar-refractivity contribution in [1.82, 2.24) is 20.0 Å². The van der Waals surface area contributed by atoms with Gasteiger partial charge in [0.1, 0.15) is 17.4 Å². The molecule has 3 rings (SSSR count). The van der Waals surface area contributed by atoms with Gasteiger partial charge in [0, 0.05) is 49.8 Å². The molecule has 1 N–H and O–H groups in total. The Labute approximate surface area is 147 Å². The maximum Gasteiger partial charge on any atom is 0.244 e. The van der Waals surface area contributed by atoms with Crippen LogP contribution in [0.1, 0.15) is 29.9 Å². The second-order valence-electron chi connectivity index (χ2n) is 6.22. The Hall–Kier alpha value is -2.60. The number of para-hydroxylation sites is 1. The first-order chi connectivity index (χ1) is 12.0. The molecule has 6 heteroatoms. The minimum Gasteiger partial charge on any atom is -0.461 e. The van der Waals surface area contributed by atoms with E-state index in [4.69, 9.17) is 4.42 Å². The molecule has 1 amide bonds. The Bertz CT molecular complexity index is 881. The summed E-state index contributed by atoms with van der Waals surface area (Å²) in [6, 6.07) is 7.55. The van der Waals surface area contributed by atoms with E-state index in [9.17, 15) is 4.79 Å². The zero-order chi connectivity index (χ0) is 18.0. The van der Waals surface area contributed by atoms with E-state index in [2.05, 4.69) is 17.3 Å². The number of fused-ring (bicyclic) bond motifs is 1. The third-order valence-electron chi connectivity index (χ3n) is 4.47. The van der Waals surface area contributed by atoms with Gasteiger partial charge in [0.05, 0.1) is 6.20 Å². The Balaban J connectivity index is 1.86. The smallest absolute Gasteiger partial charge is 0.244 e. The average molecular weight is 340 g/mol. The van der Waals surface area contributed by atoms with E-state index in [-0.39, 0.29) is 5.91 Å². The zero-order valence-corrected chi connectivity index (χ0v) is 15.1. The van der Waals surface area contributed by atoms with Gasteiger partial charge in [-0.15, -0.1) is 0 Å². The molecule has 1 unspecified atom stereocenters. The monoisotopic (exact) mass is 340 g/mol. The molecule has 132 valence electrons. The summed E-state index contributed by atoms with van der Waals surface area (Å²) >= 11 is 0. The van der Waals surface area contributed by atoms with Crippen LogP contribution in [-0.2, 0) is 24.8 Å². The Morgan fingerprint density at radius 2 is 2.16 bits per heavy atom. The lowest BCUT2D eigenvalue weighted by Crippen LogP contribution is -2.37. The molecular weight excluding hydrogens is 316 g/mol. The van der Waals surface area contributed by atoms with Crippen LogP contribution in [-0.4, -0.2) is 34.7 Å². The molecule has 0 bridgehead atoms. The zero-order valence-electron chi connectivity index (χ0n) is 15.1. The summed E-state index contributed by atoms with van der Waals surface area (Å²) in [5.74, 6) is 0.936. The molecular formula is C19H24N4O2. The number of furan rings is 1. The number of nitrogens with one attached hydrogen (secondary N) is 1. The van der Waals surface area contributed by atoms with Crippen molar-refractivity contribution in [1.29, 1.82) is 0 Å². The number of amides is 1. The highest BCUT2D eigenvalue weighted by molar-refractivity contribution is 5.85. The number of nitrogens with zero attached hydrogens (tertiary/aromatic N) is 3. The number of benzene rings is 1. The van der Waals surface area contributed by atoms with E-state index in [1.165, 1.54) is 0 Å². The summed E-state index contributed by atoms with van der Waals surface area (Å²) in [6.07, 6.45) is 4.37. The maximum atomic E-state index is 12.9. The van der Waals surface area contributed by atoms with Gasteiger partial charge < -0.3 is 14.6 Å². The second kappa shape index (κ2) is 7.11. The van der Waals surface area contributed by atoms with Gasteiger partial charge in [-0.25, -0.2) is 0 Å². The quantitative estimate of drug-likeness (QED) is 0.749. The summed E-state index contributed by atoms with van der Waals surface area (Å²) < 4.78 is 7.64. The highest BCUT2D eigenvalue weighted by atomic mass is 16.3. The van der Waals surface area contributed by atoms with Gasteiger partial charge in [0.25, 0.3) is 0 Å². The fourth-order valence-electron chi connectivity index (χ4n) is 3.17. The van der Waals surface area contributed by atoms with Gasteiger partial charge in [-0.05, 0) is 13.1 Å². The number of rotatable bonds is 6. The first-order valence-electron chi connectivity index (χ1n) is 8.45. The number of carbonyl (C=O) groups excluding carboxylic acids is 1. The van der Waals surface area contributed by atoms with Gasteiger partial charge in [0.2, 0.25) is 5.91 Å². The maximum absolute atomic E-state index is 12.9. The molecule has 0 saturated carbocycles. The van der Waals surface area contributed by atoms with Crippen LogP contribution in [0.25, 0.3) is 11.0 Å². The standard InChI is InChI=1S/C19H24N4O2/c1-5-16-15(14-8-6-7-9-17(14)25-16)12-22(3)19(24)18(20-2)13-10-21-23(4)11-13/h6-11,18,20H,5,12H2,1-4H3. The molecule has 0 fully saturated rings. The molecule has 6 nitrogen and oxygen atoms in total. The van der Waals surface area contributed by atoms with Crippen molar-refractivity contribution in [3.05, 3.63) is 53.5 Å². The summed E-state index contributed by atoms with van der Waals surface area (Å²) in [6.45, 7) is 2.58. The van der Waals surface area contributed by atoms with E-state index in [0.29, 0.717) is 6.54 Å². The molecule has 2 heterocycles. The minimum atomic E-state index is -0.415. The molecule has 0 aliphatic carbocycles. The lowest BCUT2D eigenvalue weighted by atomic mass is 10.1. The number of carbonyl (C=O) groups is 1. The van der Waals surface area contributed by atoms with Crippen LogP contribution in [0, 0.1) is 0 Å². The molecule has 1 atom stereocenters. The first-order valence-corrected chi connectivity index (χ1v) is 8.45. The Morgan fingerprint density at radius 3 is 2.80 bits per heavy atom. The average Bonchev–Trinajstić information content (AvgIpc) is 3.19. The van der Waals surface area contributed by atoms with Gasteiger partial charge >= 0.3 is 0 Å². The van der Waals surface area contributed by atoms with Gasteiger partial charge in [-0.2, -0.15) is 5.10 Å². The second-order valence-corrected chi connectivity index (χ2v) is 6.22. The fraction of sp³-hybridized carbons (Fsp3) is 0.368. The van der Waals surface area contributed by atoms with E-state index >= 15 is 0 Å². The van der Waals surface area contributed by atoms with Crippen molar-refractivity contribution in [2.75, 3.05) is 14.1 Å². The van der Waals surface area contributed by atoms with Crippen LogP contribution in [0.2, 0.25) is 0 Å². The topological polar surface area (TPSA) is 63.3 Å². The van der Waals surface area contributed by atoms with Crippen molar-refractivity contribution in [3.8, 4) is 0 Å². The molecule has 0 saturated heterocycles. The van der Waals surface area contributed by atoms with Crippen LogP contribution in [0.5, 0.6) is 0 Å². The van der Waals surface area contributed by atoms with E-state index < -0.39 is 6.04 Å². The summed E-state index contributed by atoms with van der Waals surface area (Å²) in [5.41, 5.74) is 2.80. The predicted molar refractivity (Wildman–Crippen MR) is 97.1 cm³/mol. The van der Waals surface area contributed by atoms with Crippen molar-refractivity contribution < 1.29 is 9.21 Å². The summed E-state index contributed by atoms with van der Waals surface area (Å²) in [5, 5.41) is 8.32. The van der Waals surface area contributed by atoms with Crippen molar-refractivity contribution >= 4 is 16.9 Å². The Morgan fingerprint density at radius 1 is 1.40 bits per heavy atom. The van der Waals surface area contributed by atoms with Gasteiger partial charge in [-0.3, -0.25) is 9.48 Å². The predicted octanol–water partition coefficient (Wildman–Crippen LogP) is 2.65. The molecule has 0 aliphatic rings. The summed E-state index contributed by atoms with van der Waals surface area (Å²) in [7, 11) is 5.45. The molecule has 0 radical (unpaired) electrons. The van der Waals surface area contributed by atoms with E-state index in [1.807, 2.05) is 44.6 Å². The van der Waals surface area contributed by atoms with E-state index in [0.717, 1.165) is 34.3 Å². The molecule has 25 heavy (non-hydrogen) atoms. The van der Waals surface area contributed by atoms with Gasteiger partial charge in [0.15, 0.2) is 0 Å².